The minimum Gasteiger partial charge on any atom is -0.462 e. The Kier molecular flexibility index (Phi) is 39.7. The van der Waals surface area contributed by atoms with Crippen molar-refractivity contribution in [3.63, 3.8) is 0 Å². The van der Waals surface area contributed by atoms with Gasteiger partial charge >= 0.3 is 17.9 Å². The number of fused-ring (bicyclic) bond motifs is 1. The summed E-state index contributed by atoms with van der Waals surface area (Å²) in [7, 11) is 0. The van der Waals surface area contributed by atoms with Gasteiger partial charge in [-0.2, -0.15) is 0 Å². The number of carbonyl (C=O) groups is 5. The Morgan fingerprint density at radius 1 is 0.370 bits per heavy atom. The molecule has 6 aliphatic rings. The average molecular weight is 1990 g/mol. The lowest BCUT2D eigenvalue weighted by atomic mass is 9.93. The molecule has 33 heteroatoms. The third-order valence-electron chi connectivity index (χ3n) is 24.2. The van der Waals surface area contributed by atoms with E-state index >= 15 is 4.79 Å². The van der Waals surface area contributed by atoms with Crippen molar-refractivity contribution >= 4 is 76.1 Å². The van der Waals surface area contributed by atoms with Gasteiger partial charge in [0.05, 0.1) is 77.1 Å². The van der Waals surface area contributed by atoms with Crippen molar-refractivity contribution in [1.29, 1.82) is 0 Å². The summed E-state index contributed by atoms with van der Waals surface area (Å²) in [4.78, 5) is 73.5. The quantitative estimate of drug-likeness (QED) is 0.0155. The van der Waals surface area contributed by atoms with Crippen molar-refractivity contribution in [1.82, 2.24) is 10.6 Å². The fraction of sp³-hybridized carbons (Fsp3) is 0.495. The molecule has 6 saturated heterocycles. The van der Waals surface area contributed by atoms with Crippen molar-refractivity contribution in [2.45, 2.75) is 291 Å². The lowest BCUT2D eigenvalue weighted by molar-refractivity contribution is -0.401. The second-order valence-electron chi connectivity index (χ2n) is 35.9. The molecule has 0 saturated carbocycles. The van der Waals surface area contributed by atoms with E-state index in [0.29, 0.717) is 24.3 Å². The van der Waals surface area contributed by atoms with Gasteiger partial charge in [0.1, 0.15) is 104 Å². The van der Waals surface area contributed by atoms with Crippen molar-refractivity contribution in [3.8, 4) is 0 Å². The van der Waals surface area contributed by atoms with Crippen LogP contribution in [0.5, 0.6) is 0 Å². The maximum Gasteiger partial charge on any atom is 0.311 e. The first-order chi connectivity index (χ1) is 66.8. The topological polar surface area (TPSA) is 312 Å². The Bertz CT molecular complexity index is 5000. The minimum absolute atomic E-state index is 0.00725. The summed E-state index contributed by atoms with van der Waals surface area (Å²) in [5.41, 5.74) is 5.07. The van der Waals surface area contributed by atoms with Crippen LogP contribution < -0.4 is 10.6 Å². The van der Waals surface area contributed by atoms with Crippen LogP contribution in [0, 0.1) is 5.41 Å². The van der Waals surface area contributed by atoms with Crippen LogP contribution in [0.4, 0.5) is 0 Å². The van der Waals surface area contributed by atoms with E-state index in [1.54, 1.807) is 32.9 Å². The molecule has 0 spiro atoms. The highest BCUT2D eigenvalue weighted by atomic mass is 35.6. The van der Waals surface area contributed by atoms with Gasteiger partial charge in [-0.15, -0.1) is 11.6 Å². The van der Waals surface area contributed by atoms with E-state index in [-0.39, 0.29) is 66.1 Å². The van der Waals surface area contributed by atoms with Crippen molar-refractivity contribution in [2.24, 2.45) is 5.41 Å². The summed E-state index contributed by atoms with van der Waals surface area (Å²) < 4.78 is 153. The normalized spacial score (nSPS) is 29.4. The standard InChI is InChI=1S/C105H124Cl4N2O27/c1-65-83(119-56-71-39-21-12-22-40-71)90(121-58-73-43-25-14-26-44-73)93(123-60-75-47-29-16-30-48-75)99(127-65)136-88-81(110-67(3)112)97(118-54-36-10-9-35-53-106)131-78(62-117-55-70-37-19-11-20-38-70)85(88)135-101-95(130-69(5)114)92(87(129-68(4)113)80(133-101)64-126-103(116)104(6,7)8)138-98-82(111-102(115)105(107,108)109)89(86-79(132-98)63-125-96(134-86)77-51-33-18-34-52-77)137-100-94(124-61-76-49-31-17-32-50-76)91(122-59-74-45-27-15-28-46-74)84(66(2)128-100)120-57-72-41-23-13-24-42-72/h11-34,37-52,65-66,78-101H,9-10,35-36,53-64H2,1-8H3,(H,110,112)(H,111,115)/t65-,66-,78+,79+,80+,81+,82+,83+,84+,85+,86+,87-,88+,89+,90+,91+,92-,93-,94-,95+,96?,97+,98-,99-,100-,101-/m0/s1. The molecule has 2 amide bonds. The molecule has 6 fully saturated rings. The lowest BCUT2D eigenvalue weighted by Crippen LogP contribution is -2.72. The molecule has 2 N–H and O–H groups in total. The van der Waals surface area contributed by atoms with Crippen LogP contribution in [-0.2, 0) is 174 Å². The number of ether oxygens (including phenoxy) is 22. The zero-order chi connectivity index (χ0) is 97.1. The number of halogens is 4. The monoisotopic (exact) mass is 1980 g/mol. The summed E-state index contributed by atoms with van der Waals surface area (Å²) in [5.74, 6) is -4.04. The molecule has 26 atom stereocenters. The van der Waals surface area contributed by atoms with Gasteiger partial charge in [-0.25, -0.2) is 0 Å². The molecule has 8 aromatic carbocycles. The highest BCUT2D eigenvalue weighted by molar-refractivity contribution is 6.76. The van der Waals surface area contributed by atoms with E-state index in [1.807, 2.05) is 244 Å². The molecule has 0 radical (unpaired) electrons. The molecule has 0 aromatic heterocycles. The summed E-state index contributed by atoms with van der Waals surface area (Å²) in [5, 5.41) is 6.02. The number of alkyl halides is 4. The number of esters is 3. The van der Waals surface area contributed by atoms with Crippen molar-refractivity contribution in [2.75, 3.05) is 32.3 Å². The number of carbonyl (C=O) groups excluding carboxylic acids is 5. The van der Waals surface area contributed by atoms with E-state index in [9.17, 15) is 19.2 Å². The second-order valence-corrected chi connectivity index (χ2v) is 38.5. The Labute approximate surface area is 825 Å². The smallest absolute Gasteiger partial charge is 0.311 e. The zero-order valence-electron chi connectivity index (χ0n) is 78.5. The number of hydrogen-bond acceptors (Lipinski definition) is 27. The number of hydrogen-bond donors (Lipinski definition) is 2. The fourth-order valence-corrected chi connectivity index (χ4v) is 17.8. The predicted molar refractivity (Wildman–Crippen MR) is 507 cm³/mol. The fourth-order valence-electron chi connectivity index (χ4n) is 17.4. The Hall–Kier alpha value is -8.49. The number of nitrogens with one attached hydrogen (secondary N) is 2. The predicted octanol–water partition coefficient (Wildman–Crippen LogP) is 15.7. The van der Waals surface area contributed by atoms with E-state index < -0.39 is 205 Å². The first-order valence-corrected chi connectivity index (χ1v) is 48.6. The Balaban J connectivity index is 0.918. The molecule has 6 heterocycles. The van der Waals surface area contributed by atoms with E-state index in [1.165, 1.54) is 6.92 Å². The van der Waals surface area contributed by atoms with Gasteiger partial charge in [-0.3, -0.25) is 24.0 Å². The molecule has 744 valence electrons. The van der Waals surface area contributed by atoms with Gasteiger partial charge in [0.25, 0.3) is 9.70 Å². The Morgan fingerprint density at radius 3 is 1.20 bits per heavy atom. The second kappa shape index (κ2) is 52.0. The lowest BCUT2D eigenvalue weighted by Gasteiger charge is -2.54. The number of rotatable bonds is 44. The highest BCUT2D eigenvalue weighted by Gasteiger charge is 2.62. The minimum atomic E-state index is -2.76. The van der Waals surface area contributed by atoms with Crippen LogP contribution in [0.15, 0.2) is 243 Å². The maximum absolute atomic E-state index is 15.3. The van der Waals surface area contributed by atoms with Gasteiger partial charge in [-0.1, -0.05) is 290 Å². The van der Waals surface area contributed by atoms with Crippen LogP contribution in [0.25, 0.3) is 0 Å². The molecule has 8 aromatic rings. The van der Waals surface area contributed by atoms with Gasteiger partial charge in [0.15, 0.2) is 49.9 Å². The summed E-state index contributed by atoms with van der Waals surface area (Å²) in [6.07, 6.45) is -31.2. The molecule has 138 heavy (non-hydrogen) atoms. The van der Waals surface area contributed by atoms with Crippen LogP contribution in [0.2, 0.25) is 0 Å². The number of benzene rings is 8. The van der Waals surface area contributed by atoms with Gasteiger partial charge in [-0.05, 0) is 86.4 Å². The van der Waals surface area contributed by atoms with Gasteiger partial charge < -0.3 is 115 Å². The van der Waals surface area contributed by atoms with Gasteiger partial charge in [0, 0.05) is 38.8 Å². The Morgan fingerprint density at radius 2 is 0.754 bits per heavy atom. The summed E-state index contributed by atoms with van der Waals surface area (Å²) in [6.45, 7) is 11.2. The SMILES string of the molecule is CC(=O)N[C@H]1[C@H](OCCCCCCCl)O[C@H](COCc2ccccc2)[C@@H](O[C@@H]2O[C@H](COC(=O)C(C)(C)C)[C@H](OC(C)=O)[C@H](O[C@@H]3O[C@@H]4COC(c5ccccc5)O[C@H]4[C@H](O[C@@H]4O[C@@H](C)[C@@H](OCc5ccccc5)[C@@H](OCc5ccccc5)[C@@H]4OCc4ccccc4)[C@H]3NC(=O)C(Cl)(Cl)Cl)[C@H]2OC(C)=O)[C@@H]1O[C@@H]1O[C@@H](C)[C@@H](OCc2ccccc2)[C@@H](OCc2ccccc2)[C@@H]1OCc1ccccc1. The third kappa shape index (κ3) is 29.8. The first-order valence-electron chi connectivity index (χ1n) is 46.9. The molecular weight excluding hydrogens is 1860 g/mol. The van der Waals surface area contributed by atoms with Crippen LogP contribution in [0.3, 0.4) is 0 Å². The zero-order valence-corrected chi connectivity index (χ0v) is 81.5. The number of unbranched alkanes of at least 4 members (excludes halogenated alkanes) is 3. The van der Waals surface area contributed by atoms with E-state index in [2.05, 4.69) is 10.6 Å². The number of amides is 2. The summed E-state index contributed by atoms with van der Waals surface area (Å²) >= 11 is 26.4. The highest BCUT2D eigenvalue weighted by Crippen LogP contribution is 2.45. The van der Waals surface area contributed by atoms with Gasteiger partial charge in [0.2, 0.25) is 5.91 Å². The molecule has 0 aliphatic carbocycles. The largest absolute Gasteiger partial charge is 0.462 e. The summed E-state index contributed by atoms with van der Waals surface area (Å²) in [6, 6.07) is 72.6. The first kappa shape index (κ1) is 105. The molecule has 14 rings (SSSR count). The molecular formula is C105H124Cl4N2O27. The average Bonchev–Trinajstić information content (AvgIpc) is 0.719. The van der Waals surface area contributed by atoms with Crippen molar-refractivity contribution < 1.29 is 128 Å². The van der Waals surface area contributed by atoms with Crippen LogP contribution in [0.1, 0.15) is 132 Å². The van der Waals surface area contributed by atoms with Crippen LogP contribution in [-0.4, -0.2) is 219 Å². The van der Waals surface area contributed by atoms with Crippen LogP contribution >= 0.6 is 46.4 Å². The third-order valence-corrected chi connectivity index (χ3v) is 25.0. The van der Waals surface area contributed by atoms with Crippen molar-refractivity contribution in [3.05, 3.63) is 287 Å². The molecule has 0 bridgehead atoms. The maximum atomic E-state index is 15.3. The molecule has 29 nitrogen and oxygen atoms in total. The molecule has 6 aliphatic heterocycles. The molecule has 1 unspecified atom stereocenters. The van der Waals surface area contributed by atoms with E-state index in [4.69, 9.17) is 151 Å². The van der Waals surface area contributed by atoms with E-state index in [0.717, 1.165) is 65.6 Å².